The monoisotopic (exact) mass is 346 g/mol. The molecule has 1 saturated heterocycles. The summed E-state index contributed by atoms with van der Waals surface area (Å²) in [5.41, 5.74) is 2.11. The molecule has 1 aliphatic heterocycles. The van der Waals surface area contributed by atoms with Crippen LogP contribution in [0.2, 0.25) is 0 Å². The maximum Gasteiger partial charge on any atom is 0.410 e. The highest BCUT2D eigenvalue weighted by Gasteiger charge is 2.32. The fraction of sp³-hybridized carbons (Fsp3) is 0.611. The summed E-state index contributed by atoms with van der Waals surface area (Å²) in [7, 11) is 0. The van der Waals surface area contributed by atoms with Gasteiger partial charge in [0, 0.05) is 23.9 Å². The van der Waals surface area contributed by atoms with Gasteiger partial charge in [0.1, 0.15) is 5.60 Å². The molecule has 136 valence electrons. The van der Waals surface area contributed by atoms with Crippen LogP contribution in [-0.4, -0.2) is 37.7 Å². The summed E-state index contributed by atoms with van der Waals surface area (Å²) in [6.07, 6.45) is 2.49. The number of carbonyl (C=O) groups excluding carboxylic acids is 1. The van der Waals surface area contributed by atoms with Gasteiger partial charge in [0.05, 0.1) is 11.7 Å². The molecule has 25 heavy (non-hydrogen) atoms. The molecular formula is C18H26N4O3. The lowest BCUT2D eigenvalue weighted by Gasteiger charge is -2.36. The fourth-order valence-corrected chi connectivity index (χ4v) is 3.20. The number of hydrogen-bond acceptors (Lipinski definition) is 4. The highest BCUT2D eigenvalue weighted by atomic mass is 16.6. The lowest BCUT2D eigenvalue weighted by molar-refractivity contribution is 0.00897. The summed E-state index contributed by atoms with van der Waals surface area (Å²) in [4.78, 5) is 31.3. The number of rotatable bonds is 1. The van der Waals surface area contributed by atoms with Crippen LogP contribution in [0.4, 0.5) is 4.79 Å². The lowest BCUT2D eigenvalue weighted by atomic mass is 10.00. The molecule has 0 bridgehead atoms. The molecule has 2 aromatic heterocycles. The molecule has 1 aliphatic rings. The molecule has 2 aromatic rings. The van der Waals surface area contributed by atoms with Crippen LogP contribution in [0.25, 0.3) is 5.65 Å². The maximum atomic E-state index is 12.6. The van der Waals surface area contributed by atoms with Gasteiger partial charge in [-0.05, 0) is 53.9 Å². The first-order chi connectivity index (χ1) is 11.7. The second kappa shape index (κ2) is 6.20. The van der Waals surface area contributed by atoms with Gasteiger partial charge in [-0.25, -0.2) is 14.3 Å². The molecule has 7 nitrogen and oxygen atoms in total. The van der Waals surface area contributed by atoms with Crippen LogP contribution in [0.1, 0.15) is 63.0 Å². The molecule has 0 aromatic carbocycles. The standard InChI is InChI=1S/C18H26N4O3/c1-11-12(2)19-15-10-13(20-22(15)16(11)23)14-8-6-7-9-21(14)17(24)25-18(3,4)5/h10,14,20H,6-9H2,1-5H3/t14-/m0/s1. The molecule has 3 heterocycles. The van der Waals surface area contributed by atoms with E-state index in [4.69, 9.17) is 4.74 Å². The van der Waals surface area contributed by atoms with E-state index >= 15 is 0 Å². The van der Waals surface area contributed by atoms with Gasteiger partial charge in [-0.2, -0.15) is 0 Å². The number of aromatic nitrogens is 3. The van der Waals surface area contributed by atoms with Crippen molar-refractivity contribution in [3.8, 4) is 0 Å². The van der Waals surface area contributed by atoms with E-state index in [-0.39, 0.29) is 17.7 Å². The Morgan fingerprint density at radius 2 is 2.04 bits per heavy atom. The largest absolute Gasteiger partial charge is 0.444 e. The van der Waals surface area contributed by atoms with Gasteiger partial charge < -0.3 is 4.74 Å². The Morgan fingerprint density at radius 3 is 2.72 bits per heavy atom. The molecule has 0 spiro atoms. The normalized spacial score (nSPS) is 18.6. The van der Waals surface area contributed by atoms with E-state index in [1.165, 1.54) is 4.52 Å². The Kier molecular flexibility index (Phi) is 4.34. The van der Waals surface area contributed by atoms with Gasteiger partial charge in [0.15, 0.2) is 5.65 Å². The summed E-state index contributed by atoms with van der Waals surface area (Å²) in [5.74, 6) is 0. The molecule has 1 amide bonds. The van der Waals surface area contributed by atoms with Crippen LogP contribution < -0.4 is 5.56 Å². The van der Waals surface area contributed by atoms with Crippen molar-refractivity contribution in [2.24, 2.45) is 0 Å². The molecule has 7 heteroatoms. The van der Waals surface area contributed by atoms with Crippen LogP contribution in [-0.2, 0) is 4.74 Å². The number of ether oxygens (including phenoxy) is 1. The third-order valence-corrected chi connectivity index (χ3v) is 4.59. The van der Waals surface area contributed by atoms with E-state index in [1.54, 1.807) is 11.8 Å². The Balaban J connectivity index is 1.98. The van der Waals surface area contributed by atoms with Crippen LogP contribution in [0.3, 0.4) is 0 Å². The molecule has 1 atom stereocenters. The smallest absolute Gasteiger partial charge is 0.410 e. The highest BCUT2D eigenvalue weighted by Crippen LogP contribution is 2.31. The van der Waals surface area contributed by atoms with Crippen molar-refractivity contribution in [1.29, 1.82) is 0 Å². The van der Waals surface area contributed by atoms with E-state index in [1.807, 2.05) is 33.8 Å². The third-order valence-electron chi connectivity index (χ3n) is 4.59. The molecule has 0 radical (unpaired) electrons. The zero-order valence-corrected chi connectivity index (χ0v) is 15.5. The van der Waals surface area contributed by atoms with E-state index in [0.717, 1.165) is 30.7 Å². The minimum absolute atomic E-state index is 0.103. The summed E-state index contributed by atoms with van der Waals surface area (Å²) in [6.45, 7) is 9.84. The van der Waals surface area contributed by atoms with Crippen LogP contribution in [0.15, 0.2) is 10.9 Å². The Morgan fingerprint density at radius 1 is 1.32 bits per heavy atom. The lowest BCUT2D eigenvalue weighted by Crippen LogP contribution is -2.42. The number of piperidine rings is 1. The van der Waals surface area contributed by atoms with Crippen molar-refractivity contribution in [3.63, 3.8) is 0 Å². The first-order valence-electron chi connectivity index (χ1n) is 8.76. The van der Waals surface area contributed by atoms with Crippen LogP contribution >= 0.6 is 0 Å². The number of nitrogens with one attached hydrogen (secondary N) is 1. The number of likely N-dealkylation sites (tertiary alicyclic amines) is 1. The summed E-state index contributed by atoms with van der Waals surface area (Å²) in [6, 6.07) is 1.73. The van der Waals surface area contributed by atoms with E-state index < -0.39 is 5.60 Å². The van der Waals surface area contributed by atoms with Crippen molar-refractivity contribution in [3.05, 3.63) is 33.4 Å². The molecule has 1 fully saturated rings. The van der Waals surface area contributed by atoms with Crippen molar-refractivity contribution >= 4 is 11.7 Å². The predicted molar refractivity (Wildman–Crippen MR) is 94.8 cm³/mol. The zero-order valence-electron chi connectivity index (χ0n) is 15.5. The predicted octanol–water partition coefficient (Wildman–Crippen LogP) is 3.10. The minimum atomic E-state index is -0.535. The average Bonchev–Trinajstić information content (AvgIpc) is 2.95. The van der Waals surface area contributed by atoms with E-state index in [0.29, 0.717) is 17.8 Å². The Bertz CT molecular complexity index is 860. The highest BCUT2D eigenvalue weighted by molar-refractivity contribution is 5.69. The Hall–Kier alpha value is -2.31. The molecule has 0 unspecified atom stereocenters. The third kappa shape index (κ3) is 3.41. The first kappa shape index (κ1) is 17.5. The number of carbonyl (C=O) groups is 1. The number of hydrogen-bond donors (Lipinski definition) is 1. The summed E-state index contributed by atoms with van der Waals surface area (Å²) >= 11 is 0. The summed E-state index contributed by atoms with van der Waals surface area (Å²) in [5, 5.41) is 3.14. The van der Waals surface area contributed by atoms with Gasteiger partial charge in [-0.15, -0.1) is 0 Å². The number of nitrogens with zero attached hydrogens (tertiary/aromatic N) is 3. The second-order valence-electron chi connectivity index (χ2n) is 7.72. The minimum Gasteiger partial charge on any atom is -0.444 e. The average molecular weight is 346 g/mol. The van der Waals surface area contributed by atoms with E-state index in [9.17, 15) is 9.59 Å². The van der Waals surface area contributed by atoms with Gasteiger partial charge in [-0.3, -0.25) is 14.8 Å². The van der Waals surface area contributed by atoms with Crippen molar-refractivity contribution < 1.29 is 9.53 Å². The number of aryl methyl sites for hydroxylation is 1. The van der Waals surface area contributed by atoms with Gasteiger partial charge in [0.25, 0.3) is 5.56 Å². The van der Waals surface area contributed by atoms with Crippen molar-refractivity contribution in [1.82, 2.24) is 19.5 Å². The molecule has 0 aliphatic carbocycles. The maximum absolute atomic E-state index is 12.6. The number of amides is 1. The quantitative estimate of drug-likeness (QED) is 0.860. The van der Waals surface area contributed by atoms with Gasteiger partial charge in [0.2, 0.25) is 0 Å². The van der Waals surface area contributed by atoms with Crippen molar-refractivity contribution in [2.75, 3.05) is 6.54 Å². The molecule has 0 saturated carbocycles. The Labute approximate surface area is 147 Å². The first-order valence-corrected chi connectivity index (χ1v) is 8.76. The van der Waals surface area contributed by atoms with E-state index in [2.05, 4.69) is 10.1 Å². The molecular weight excluding hydrogens is 320 g/mol. The van der Waals surface area contributed by atoms with Gasteiger partial charge in [-0.1, -0.05) is 0 Å². The molecule has 1 N–H and O–H groups in total. The number of aromatic amines is 1. The topological polar surface area (TPSA) is 79.7 Å². The number of fused-ring (bicyclic) bond motifs is 1. The van der Waals surface area contributed by atoms with Gasteiger partial charge >= 0.3 is 6.09 Å². The second-order valence-corrected chi connectivity index (χ2v) is 7.72. The van der Waals surface area contributed by atoms with Crippen molar-refractivity contribution in [2.45, 2.75) is 65.5 Å². The number of H-pyrrole nitrogens is 1. The molecule has 3 rings (SSSR count). The summed E-state index contributed by atoms with van der Waals surface area (Å²) < 4.78 is 7.01. The zero-order chi connectivity index (χ0) is 18.4. The van der Waals surface area contributed by atoms with Crippen LogP contribution in [0.5, 0.6) is 0 Å². The van der Waals surface area contributed by atoms with Crippen LogP contribution in [0, 0.1) is 13.8 Å². The fourth-order valence-electron chi connectivity index (χ4n) is 3.20. The SMILES string of the molecule is Cc1nc2cc([C@@H]3CCCCN3C(=O)OC(C)(C)C)[nH]n2c(=O)c1C.